The molecule has 1 N–H and O–H groups in total. The fourth-order valence-corrected chi connectivity index (χ4v) is 2.25. The van der Waals surface area contributed by atoms with Crippen molar-refractivity contribution in [1.82, 2.24) is 4.98 Å². The van der Waals surface area contributed by atoms with Gasteiger partial charge in [-0.05, 0) is 38.0 Å². The molecule has 0 aliphatic rings. The predicted octanol–water partition coefficient (Wildman–Crippen LogP) is 3.89. The Morgan fingerprint density at radius 1 is 1.38 bits per heavy atom. The molecule has 0 aliphatic heterocycles. The molecule has 1 aromatic carbocycles. The third-order valence-electron chi connectivity index (χ3n) is 2.47. The van der Waals surface area contributed by atoms with Crippen molar-refractivity contribution >= 4 is 26.8 Å². The van der Waals surface area contributed by atoms with Crippen LogP contribution in [0.4, 0.5) is 0 Å². The minimum Gasteiger partial charge on any atom is -0.491 e. The number of aromatic amines is 1. The number of benzene rings is 1. The van der Waals surface area contributed by atoms with E-state index >= 15 is 0 Å². The molecule has 0 bridgehead atoms. The van der Waals surface area contributed by atoms with Crippen molar-refractivity contribution in [2.45, 2.75) is 26.4 Å². The third kappa shape index (κ3) is 2.40. The van der Waals surface area contributed by atoms with E-state index in [4.69, 9.17) is 4.74 Å². The van der Waals surface area contributed by atoms with E-state index in [2.05, 4.69) is 39.2 Å². The molecule has 0 unspecified atom stereocenters. The Morgan fingerprint density at radius 3 is 2.88 bits per heavy atom. The van der Waals surface area contributed by atoms with E-state index in [9.17, 15) is 0 Å². The number of ether oxygens (including phenoxy) is 1. The first kappa shape index (κ1) is 11.5. The molecule has 2 aromatic rings. The highest BCUT2D eigenvalue weighted by atomic mass is 79.9. The maximum Gasteiger partial charge on any atom is 0.121 e. The summed E-state index contributed by atoms with van der Waals surface area (Å²) in [7, 11) is 0. The molecule has 1 heterocycles. The molecule has 0 atom stereocenters. The zero-order valence-electron chi connectivity index (χ0n) is 9.59. The second-order valence-corrected chi connectivity index (χ2v) is 4.92. The quantitative estimate of drug-likeness (QED) is 0.845. The predicted molar refractivity (Wildman–Crippen MR) is 71.6 cm³/mol. The number of aryl methyl sites for hydroxylation is 1. The van der Waals surface area contributed by atoms with Gasteiger partial charge >= 0.3 is 0 Å². The molecule has 0 aliphatic carbocycles. The van der Waals surface area contributed by atoms with E-state index < -0.39 is 0 Å². The molecule has 0 saturated heterocycles. The Bertz CT molecular complexity index is 476. The van der Waals surface area contributed by atoms with Gasteiger partial charge in [0.1, 0.15) is 5.75 Å². The molecular weight excluding hydrogens is 266 g/mol. The van der Waals surface area contributed by atoms with Crippen LogP contribution in [0.3, 0.4) is 0 Å². The average Bonchev–Trinajstić information content (AvgIpc) is 2.61. The minimum absolute atomic E-state index is 0.217. The second kappa shape index (κ2) is 4.91. The summed E-state index contributed by atoms with van der Waals surface area (Å²) < 4.78 is 5.66. The molecule has 0 fully saturated rings. The van der Waals surface area contributed by atoms with Crippen LogP contribution in [0.5, 0.6) is 5.75 Å². The summed E-state index contributed by atoms with van der Waals surface area (Å²) in [5.74, 6) is 0.926. The van der Waals surface area contributed by atoms with Gasteiger partial charge in [-0.3, -0.25) is 0 Å². The number of H-pyrrole nitrogens is 1. The standard InChI is InChI=1S/C13H16BrNO/c1-9(2)16-11-3-4-12-10(5-6-14)8-15-13(12)7-11/h3-4,7-9,15H,5-6H2,1-2H3. The highest BCUT2D eigenvalue weighted by molar-refractivity contribution is 9.09. The van der Waals surface area contributed by atoms with E-state index in [0.717, 1.165) is 23.0 Å². The zero-order chi connectivity index (χ0) is 11.5. The number of nitrogens with one attached hydrogen (secondary N) is 1. The van der Waals surface area contributed by atoms with Crippen LogP contribution in [0, 0.1) is 0 Å². The number of halogens is 1. The number of aromatic nitrogens is 1. The molecule has 86 valence electrons. The Hall–Kier alpha value is -0.960. The van der Waals surface area contributed by atoms with Crippen molar-refractivity contribution in [2.75, 3.05) is 5.33 Å². The summed E-state index contributed by atoms with van der Waals surface area (Å²) in [5.41, 5.74) is 2.50. The van der Waals surface area contributed by atoms with Crippen LogP contribution in [-0.4, -0.2) is 16.4 Å². The number of fused-ring (bicyclic) bond motifs is 1. The van der Waals surface area contributed by atoms with Crippen molar-refractivity contribution in [3.8, 4) is 5.75 Å². The topological polar surface area (TPSA) is 25.0 Å². The van der Waals surface area contributed by atoms with E-state index in [1.807, 2.05) is 19.9 Å². The maximum atomic E-state index is 5.66. The van der Waals surface area contributed by atoms with E-state index in [1.165, 1.54) is 10.9 Å². The van der Waals surface area contributed by atoms with Crippen molar-refractivity contribution in [3.05, 3.63) is 30.0 Å². The lowest BCUT2D eigenvalue weighted by Gasteiger charge is -2.09. The average molecular weight is 282 g/mol. The lowest BCUT2D eigenvalue weighted by atomic mass is 10.1. The first-order chi connectivity index (χ1) is 7.70. The Balaban J connectivity index is 2.33. The molecule has 0 radical (unpaired) electrons. The zero-order valence-corrected chi connectivity index (χ0v) is 11.2. The molecule has 3 heteroatoms. The van der Waals surface area contributed by atoms with Gasteiger partial charge in [0, 0.05) is 28.5 Å². The van der Waals surface area contributed by atoms with Gasteiger partial charge in [-0.2, -0.15) is 0 Å². The Morgan fingerprint density at radius 2 is 2.19 bits per heavy atom. The molecule has 2 nitrogen and oxygen atoms in total. The van der Waals surface area contributed by atoms with Crippen LogP contribution in [-0.2, 0) is 6.42 Å². The first-order valence-electron chi connectivity index (χ1n) is 5.53. The molecular formula is C13H16BrNO. The fraction of sp³-hybridized carbons (Fsp3) is 0.385. The van der Waals surface area contributed by atoms with E-state index in [0.29, 0.717) is 0 Å². The number of hydrogen-bond donors (Lipinski definition) is 1. The van der Waals surface area contributed by atoms with Crippen molar-refractivity contribution in [1.29, 1.82) is 0 Å². The summed E-state index contributed by atoms with van der Waals surface area (Å²) in [4.78, 5) is 3.29. The summed E-state index contributed by atoms with van der Waals surface area (Å²) in [5, 5.41) is 2.28. The summed E-state index contributed by atoms with van der Waals surface area (Å²) in [6.07, 6.45) is 3.34. The first-order valence-corrected chi connectivity index (χ1v) is 6.65. The third-order valence-corrected chi connectivity index (χ3v) is 2.87. The number of rotatable bonds is 4. The van der Waals surface area contributed by atoms with Crippen molar-refractivity contribution < 1.29 is 4.74 Å². The van der Waals surface area contributed by atoms with Gasteiger partial charge in [0.25, 0.3) is 0 Å². The SMILES string of the molecule is CC(C)Oc1ccc2c(CCBr)c[nH]c2c1. The molecule has 0 saturated carbocycles. The number of alkyl halides is 1. The van der Waals surface area contributed by atoms with Crippen LogP contribution in [0.25, 0.3) is 10.9 Å². The molecule has 1 aromatic heterocycles. The second-order valence-electron chi connectivity index (χ2n) is 4.13. The molecule has 2 rings (SSSR count). The normalized spacial score (nSPS) is 11.2. The van der Waals surface area contributed by atoms with Gasteiger partial charge < -0.3 is 9.72 Å². The van der Waals surface area contributed by atoms with Gasteiger partial charge in [0.2, 0.25) is 0 Å². The molecule has 0 spiro atoms. The smallest absolute Gasteiger partial charge is 0.121 e. The van der Waals surface area contributed by atoms with Crippen LogP contribution in [0.1, 0.15) is 19.4 Å². The van der Waals surface area contributed by atoms with Gasteiger partial charge in [-0.1, -0.05) is 15.9 Å². The van der Waals surface area contributed by atoms with Crippen molar-refractivity contribution in [2.24, 2.45) is 0 Å². The van der Waals surface area contributed by atoms with E-state index in [1.54, 1.807) is 0 Å². The van der Waals surface area contributed by atoms with Crippen LogP contribution >= 0.6 is 15.9 Å². The number of hydrogen-bond acceptors (Lipinski definition) is 1. The molecule has 0 amide bonds. The van der Waals surface area contributed by atoms with Gasteiger partial charge in [0.05, 0.1) is 6.10 Å². The minimum atomic E-state index is 0.217. The summed E-state index contributed by atoms with van der Waals surface area (Å²) in [6.45, 7) is 4.07. The highest BCUT2D eigenvalue weighted by Crippen LogP contribution is 2.24. The summed E-state index contributed by atoms with van der Waals surface area (Å²) >= 11 is 3.47. The molecule has 16 heavy (non-hydrogen) atoms. The largest absolute Gasteiger partial charge is 0.491 e. The van der Waals surface area contributed by atoms with Gasteiger partial charge in [0.15, 0.2) is 0 Å². The van der Waals surface area contributed by atoms with E-state index in [-0.39, 0.29) is 6.10 Å². The Kier molecular flexibility index (Phi) is 3.54. The van der Waals surface area contributed by atoms with Crippen LogP contribution < -0.4 is 4.74 Å². The van der Waals surface area contributed by atoms with Crippen molar-refractivity contribution in [3.63, 3.8) is 0 Å². The van der Waals surface area contributed by atoms with Crippen LogP contribution in [0.15, 0.2) is 24.4 Å². The fourth-order valence-electron chi connectivity index (χ4n) is 1.82. The monoisotopic (exact) mass is 281 g/mol. The maximum absolute atomic E-state index is 5.66. The summed E-state index contributed by atoms with van der Waals surface area (Å²) in [6, 6.07) is 6.22. The lowest BCUT2D eigenvalue weighted by Crippen LogP contribution is -2.05. The lowest BCUT2D eigenvalue weighted by molar-refractivity contribution is 0.242. The highest BCUT2D eigenvalue weighted by Gasteiger charge is 2.05. The van der Waals surface area contributed by atoms with Gasteiger partial charge in [-0.15, -0.1) is 0 Å². The van der Waals surface area contributed by atoms with Gasteiger partial charge in [-0.25, -0.2) is 0 Å². The Labute approximate surface area is 104 Å². The van der Waals surface area contributed by atoms with Crippen LogP contribution in [0.2, 0.25) is 0 Å².